The van der Waals surface area contributed by atoms with Crippen LogP contribution in [0, 0.1) is 0 Å². The third-order valence-corrected chi connectivity index (χ3v) is 2.24. The van der Waals surface area contributed by atoms with E-state index in [4.69, 9.17) is 10.2 Å². The molecule has 0 fully saturated rings. The van der Waals surface area contributed by atoms with Gasteiger partial charge in [-0.25, -0.2) is 9.59 Å². The number of H-pyrrole nitrogens is 1. The van der Waals surface area contributed by atoms with Gasteiger partial charge in [0.25, 0.3) is 0 Å². The number of aromatic amines is 1. The lowest BCUT2D eigenvalue weighted by Crippen LogP contribution is -2.03. The van der Waals surface area contributed by atoms with Gasteiger partial charge in [-0.05, 0) is 24.3 Å². The summed E-state index contributed by atoms with van der Waals surface area (Å²) in [6.07, 6.45) is 1.50. The van der Waals surface area contributed by atoms with Crippen molar-refractivity contribution in [2.45, 2.75) is 0 Å². The minimum absolute atomic E-state index is 0.0745. The van der Waals surface area contributed by atoms with E-state index in [1.165, 1.54) is 18.3 Å². The molecule has 17 heavy (non-hydrogen) atoms. The molecule has 0 aliphatic heterocycles. The quantitative estimate of drug-likeness (QED) is 0.743. The molecule has 1 aromatic heterocycles. The lowest BCUT2D eigenvalue weighted by molar-refractivity contribution is 0.0696. The summed E-state index contributed by atoms with van der Waals surface area (Å²) in [7, 11) is 0. The number of aromatic carboxylic acids is 2. The molecule has 0 amide bonds. The maximum absolute atomic E-state index is 10.9. The Hall–Kier alpha value is -2.63. The number of benzene rings is 1. The van der Waals surface area contributed by atoms with Crippen LogP contribution in [-0.2, 0) is 0 Å². The van der Waals surface area contributed by atoms with Gasteiger partial charge in [-0.3, -0.25) is 5.10 Å². The second kappa shape index (κ2) is 4.09. The van der Waals surface area contributed by atoms with Crippen LogP contribution >= 0.6 is 0 Å². The van der Waals surface area contributed by atoms with E-state index < -0.39 is 11.9 Å². The molecule has 0 spiro atoms. The van der Waals surface area contributed by atoms with Crippen molar-refractivity contribution in [1.29, 1.82) is 0 Å². The molecule has 0 aliphatic rings. The van der Waals surface area contributed by atoms with Crippen molar-refractivity contribution in [2.75, 3.05) is 0 Å². The number of hydrogen-bond donors (Lipinski definition) is 3. The first kappa shape index (κ1) is 10.9. The molecule has 2 rings (SSSR count). The molecule has 0 atom stereocenters. The number of carbonyl (C=O) groups is 2. The van der Waals surface area contributed by atoms with E-state index in [2.05, 4.69) is 10.2 Å². The predicted octanol–water partition coefficient (Wildman–Crippen LogP) is 1.47. The van der Waals surface area contributed by atoms with Crippen LogP contribution in [0.5, 0.6) is 0 Å². The molecular formula is C11H8N2O4. The average Bonchev–Trinajstić information content (AvgIpc) is 2.81. The van der Waals surface area contributed by atoms with Crippen LogP contribution in [-0.4, -0.2) is 32.3 Å². The zero-order chi connectivity index (χ0) is 12.4. The fourth-order valence-corrected chi connectivity index (χ4v) is 1.45. The van der Waals surface area contributed by atoms with Crippen LogP contribution in [0.1, 0.15) is 20.7 Å². The normalized spacial score (nSPS) is 10.1. The minimum atomic E-state index is -1.17. The number of hydrogen-bond acceptors (Lipinski definition) is 3. The highest BCUT2D eigenvalue weighted by molar-refractivity contribution is 5.95. The van der Waals surface area contributed by atoms with Gasteiger partial charge in [0.2, 0.25) is 0 Å². The Balaban J connectivity index is 2.60. The molecular weight excluding hydrogens is 224 g/mol. The fourth-order valence-electron chi connectivity index (χ4n) is 1.45. The number of carboxylic acids is 2. The van der Waals surface area contributed by atoms with Gasteiger partial charge in [0.15, 0.2) is 0 Å². The summed E-state index contributed by atoms with van der Waals surface area (Å²) >= 11 is 0. The molecule has 0 saturated carbocycles. The Bertz CT molecular complexity index is 543. The number of nitrogens with one attached hydrogen (secondary N) is 1. The molecule has 0 bridgehead atoms. The number of aromatic nitrogens is 2. The van der Waals surface area contributed by atoms with Gasteiger partial charge in [-0.15, -0.1) is 0 Å². The summed E-state index contributed by atoms with van der Waals surface area (Å²) in [6.45, 7) is 0. The lowest BCUT2D eigenvalue weighted by Gasteiger charge is -2.03. The fraction of sp³-hybridized carbons (Fsp3) is 0. The van der Waals surface area contributed by atoms with E-state index in [-0.39, 0.29) is 11.1 Å². The molecule has 6 nitrogen and oxygen atoms in total. The molecule has 0 unspecified atom stereocenters. The molecule has 3 N–H and O–H groups in total. The number of nitrogens with zero attached hydrogens (tertiary/aromatic N) is 1. The van der Waals surface area contributed by atoms with Gasteiger partial charge in [-0.2, -0.15) is 5.10 Å². The van der Waals surface area contributed by atoms with Crippen LogP contribution in [0.25, 0.3) is 11.3 Å². The lowest BCUT2D eigenvalue weighted by atomic mass is 10.0. The summed E-state index contributed by atoms with van der Waals surface area (Å²) in [5.41, 5.74) is 0.888. The van der Waals surface area contributed by atoms with Crippen molar-refractivity contribution in [3.8, 4) is 11.3 Å². The van der Waals surface area contributed by atoms with Crippen molar-refractivity contribution < 1.29 is 19.8 Å². The van der Waals surface area contributed by atoms with Gasteiger partial charge in [0.05, 0.1) is 16.8 Å². The average molecular weight is 232 g/mol. The van der Waals surface area contributed by atoms with Crippen molar-refractivity contribution in [3.63, 3.8) is 0 Å². The number of carboxylic acid groups (broad SMARTS) is 2. The second-order valence-electron chi connectivity index (χ2n) is 3.38. The van der Waals surface area contributed by atoms with E-state index in [0.717, 1.165) is 6.07 Å². The Labute approximate surface area is 95.5 Å². The third-order valence-electron chi connectivity index (χ3n) is 2.24. The monoisotopic (exact) mass is 232 g/mol. The highest BCUT2D eigenvalue weighted by Gasteiger charge is 2.12. The van der Waals surface area contributed by atoms with E-state index in [0.29, 0.717) is 11.3 Å². The number of rotatable bonds is 3. The Morgan fingerprint density at radius 1 is 1.06 bits per heavy atom. The maximum atomic E-state index is 10.9. The van der Waals surface area contributed by atoms with Crippen molar-refractivity contribution in [2.24, 2.45) is 0 Å². The Morgan fingerprint density at radius 3 is 2.06 bits per heavy atom. The van der Waals surface area contributed by atoms with Gasteiger partial charge >= 0.3 is 11.9 Å². The first-order chi connectivity index (χ1) is 8.08. The highest BCUT2D eigenvalue weighted by atomic mass is 16.4. The molecule has 2 aromatic rings. The van der Waals surface area contributed by atoms with Crippen LogP contribution in [0.15, 0.2) is 30.5 Å². The topological polar surface area (TPSA) is 103 Å². The zero-order valence-electron chi connectivity index (χ0n) is 8.54. The summed E-state index contributed by atoms with van der Waals surface area (Å²) in [5, 5.41) is 24.2. The molecule has 0 radical (unpaired) electrons. The summed E-state index contributed by atoms with van der Waals surface area (Å²) in [4.78, 5) is 21.8. The molecule has 0 saturated heterocycles. The smallest absolute Gasteiger partial charge is 0.335 e. The van der Waals surface area contributed by atoms with Crippen LogP contribution in [0.2, 0.25) is 0 Å². The molecule has 1 aromatic carbocycles. The summed E-state index contributed by atoms with van der Waals surface area (Å²) in [5.74, 6) is -2.34. The third kappa shape index (κ3) is 2.15. The predicted molar refractivity (Wildman–Crippen MR) is 57.9 cm³/mol. The largest absolute Gasteiger partial charge is 0.478 e. The van der Waals surface area contributed by atoms with Gasteiger partial charge in [-0.1, -0.05) is 0 Å². The van der Waals surface area contributed by atoms with Crippen LogP contribution in [0.4, 0.5) is 0 Å². The van der Waals surface area contributed by atoms with E-state index >= 15 is 0 Å². The first-order valence-electron chi connectivity index (χ1n) is 4.69. The molecule has 1 heterocycles. The minimum Gasteiger partial charge on any atom is -0.478 e. The van der Waals surface area contributed by atoms with Crippen LogP contribution < -0.4 is 0 Å². The molecule has 86 valence electrons. The van der Waals surface area contributed by atoms with Gasteiger partial charge in [0, 0.05) is 11.8 Å². The molecule has 6 heteroatoms. The van der Waals surface area contributed by atoms with Gasteiger partial charge < -0.3 is 10.2 Å². The van der Waals surface area contributed by atoms with E-state index in [1.54, 1.807) is 6.07 Å². The standard InChI is InChI=1S/C11H8N2O4/c14-10(15)7-3-6(9-1-2-12-13-9)4-8(5-7)11(16)17/h1-5H,(H,12,13)(H,14,15)(H,16,17). The Kier molecular flexibility index (Phi) is 2.61. The van der Waals surface area contributed by atoms with E-state index in [1.807, 2.05) is 0 Å². The second-order valence-corrected chi connectivity index (χ2v) is 3.38. The van der Waals surface area contributed by atoms with E-state index in [9.17, 15) is 9.59 Å². The first-order valence-corrected chi connectivity index (χ1v) is 4.69. The van der Waals surface area contributed by atoms with Crippen molar-refractivity contribution >= 4 is 11.9 Å². The maximum Gasteiger partial charge on any atom is 0.335 e. The van der Waals surface area contributed by atoms with Crippen molar-refractivity contribution in [1.82, 2.24) is 10.2 Å². The summed E-state index contributed by atoms with van der Waals surface area (Å²) < 4.78 is 0. The summed E-state index contributed by atoms with van der Waals surface area (Å²) in [6, 6.07) is 5.53. The molecule has 0 aliphatic carbocycles. The zero-order valence-corrected chi connectivity index (χ0v) is 8.54. The van der Waals surface area contributed by atoms with Crippen molar-refractivity contribution in [3.05, 3.63) is 41.6 Å². The van der Waals surface area contributed by atoms with Crippen LogP contribution in [0.3, 0.4) is 0 Å². The highest BCUT2D eigenvalue weighted by Crippen LogP contribution is 2.20. The Morgan fingerprint density at radius 2 is 1.65 bits per heavy atom. The van der Waals surface area contributed by atoms with Gasteiger partial charge in [0.1, 0.15) is 0 Å². The SMILES string of the molecule is O=C(O)c1cc(C(=O)O)cc(-c2ccn[nH]2)c1.